The minimum atomic E-state index is -4.16. The molecule has 2 aromatic rings. The molecule has 0 saturated carbocycles. The molecule has 0 aromatic heterocycles. The average molecular weight is 453 g/mol. The number of hydrogen-bond donors (Lipinski definition) is 2. The Morgan fingerprint density at radius 3 is 2.35 bits per heavy atom. The molecule has 2 amide bonds. The van der Waals surface area contributed by atoms with E-state index in [0.717, 1.165) is 11.0 Å². The van der Waals surface area contributed by atoms with Gasteiger partial charge in [-0.25, -0.2) is 22.7 Å². The van der Waals surface area contributed by atoms with Gasteiger partial charge in [-0.2, -0.15) is 0 Å². The van der Waals surface area contributed by atoms with Crippen molar-refractivity contribution in [1.82, 2.24) is 4.90 Å². The van der Waals surface area contributed by atoms with E-state index < -0.39 is 45.1 Å². The second kappa shape index (κ2) is 10.00. The molecule has 166 valence electrons. The molecule has 0 radical (unpaired) electrons. The number of primary sulfonamides is 1. The van der Waals surface area contributed by atoms with E-state index in [0.29, 0.717) is 5.69 Å². The van der Waals surface area contributed by atoms with Crippen LogP contribution in [0.15, 0.2) is 47.4 Å². The Hall–Kier alpha value is -3.51. The Morgan fingerprint density at radius 1 is 1.13 bits per heavy atom. The first-order valence-electron chi connectivity index (χ1n) is 8.68. The number of nitrogens with one attached hydrogen (secondary N) is 1. The highest BCUT2D eigenvalue weighted by Crippen LogP contribution is 2.24. The minimum Gasteiger partial charge on any atom is -0.495 e. The van der Waals surface area contributed by atoms with E-state index in [1.807, 2.05) is 0 Å². The van der Waals surface area contributed by atoms with Crippen molar-refractivity contribution in [2.75, 3.05) is 32.6 Å². The lowest BCUT2D eigenvalue weighted by Gasteiger charge is -2.17. The summed E-state index contributed by atoms with van der Waals surface area (Å²) < 4.78 is 45.9. The number of ether oxygens (including phenoxy) is 2. The normalized spacial score (nSPS) is 10.8. The van der Waals surface area contributed by atoms with E-state index in [2.05, 4.69) is 5.32 Å². The number of carbonyl (C=O) groups excluding carboxylic acids is 3. The summed E-state index contributed by atoms with van der Waals surface area (Å²) in [6.45, 7) is -1.03. The third kappa shape index (κ3) is 6.76. The summed E-state index contributed by atoms with van der Waals surface area (Å²) in [6, 6.07) is 8.52. The maximum atomic E-state index is 12.9. The number of amides is 2. The maximum absolute atomic E-state index is 12.9. The van der Waals surface area contributed by atoms with Gasteiger partial charge in [0.2, 0.25) is 15.9 Å². The van der Waals surface area contributed by atoms with E-state index in [9.17, 15) is 27.2 Å². The molecule has 2 aromatic carbocycles. The highest BCUT2D eigenvalue weighted by Gasteiger charge is 2.20. The fraction of sp³-hybridized carbons (Fsp3) is 0.211. The summed E-state index contributed by atoms with van der Waals surface area (Å²) in [6.07, 6.45) is 0. The number of halogens is 1. The first-order valence-corrected chi connectivity index (χ1v) is 10.2. The van der Waals surface area contributed by atoms with Crippen molar-refractivity contribution >= 4 is 33.5 Å². The van der Waals surface area contributed by atoms with E-state index in [1.165, 1.54) is 50.6 Å². The number of hydrogen-bond acceptors (Lipinski definition) is 7. The quantitative estimate of drug-likeness (QED) is 0.561. The minimum absolute atomic E-state index is 0.0537. The van der Waals surface area contributed by atoms with Crippen molar-refractivity contribution < 1.29 is 36.7 Å². The predicted octanol–water partition coefficient (Wildman–Crippen LogP) is 0.736. The molecule has 0 unspecified atom stereocenters. The van der Waals surface area contributed by atoms with Crippen LogP contribution in [0.5, 0.6) is 5.75 Å². The van der Waals surface area contributed by atoms with Crippen LogP contribution in [0.4, 0.5) is 10.1 Å². The van der Waals surface area contributed by atoms with Gasteiger partial charge in [0.25, 0.3) is 5.91 Å². The SMILES string of the molecule is COc1ccc(C(=O)OCC(=O)N(C)CC(=O)Nc2ccc(F)cc2)cc1S(N)(=O)=O. The number of nitrogens with zero attached hydrogens (tertiary/aromatic N) is 1. The Morgan fingerprint density at radius 2 is 1.77 bits per heavy atom. The van der Waals surface area contributed by atoms with Gasteiger partial charge >= 0.3 is 5.97 Å². The van der Waals surface area contributed by atoms with Gasteiger partial charge in [-0.1, -0.05) is 0 Å². The molecule has 0 bridgehead atoms. The summed E-state index contributed by atoms with van der Waals surface area (Å²) in [5.41, 5.74) is 0.193. The second-order valence-corrected chi connectivity index (χ2v) is 7.82. The van der Waals surface area contributed by atoms with Gasteiger partial charge in [-0.05, 0) is 42.5 Å². The standard InChI is InChI=1S/C19H20FN3O7S/c1-23(10-17(24)22-14-6-4-13(20)5-7-14)18(25)11-30-19(26)12-3-8-15(29-2)16(9-12)31(21,27)28/h3-9H,10-11H2,1-2H3,(H,22,24)(H2,21,27,28). The van der Waals surface area contributed by atoms with Crippen LogP contribution in [0.1, 0.15) is 10.4 Å². The van der Waals surface area contributed by atoms with Gasteiger partial charge in [0, 0.05) is 12.7 Å². The fourth-order valence-electron chi connectivity index (χ4n) is 2.38. The zero-order valence-corrected chi connectivity index (χ0v) is 17.4. The molecule has 0 aliphatic carbocycles. The number of benzene rings is 2. The number of sulfonamides is 1. The van der Waals surface area contributed by atoms with Gasteiger partial charge < -0.3 is 19.7 Å². The fourth-order valence-corrected chi connectivity index (χ4v) is 3.11. The number of esters is 1. The lowest BCUT2D eigenvalue weighted by molar-refractivity contribution is -0.136. The van der Waals surface area contributed by atoms with Crippen LogP contribution in [0.25, 0.3) is 0 Å². The predicted molar refractivity (Wildman–Crippen MR) is 107 cm³/mol. The van der Waals surface area contributed by atoms with Crippen molar-refractivity contribution in [3.8, 4) is 5.75 Å². The largest absolute Gasteiger partial charge is 0.495 e. The van der Waals surface area contributed by atoms with Crippen LogP contribution >= 0.6 is 0 Å². The number of anilines is 1. The first-order chi connectivity index (χ1) is 14.5. The Bertz CT molecular complexity index is 1090. The summed E-state index contributed by atoms with van der Waals surface area (Å²) >= 11 is 0. The lowest BCUT2D eigenvalue weighted by atomic mass is 10.2. The average Bonchev–Trinajstić information content (AvgIpc) is 2.72. The van der Waals surface area contributed by atoms with Crippen molar-refractivity contribution in [3.63, 3.8) is 0 Å². The molecule has 0 aliphatic heterocycles. The first kappa shape index (κ1) is 23.8. The third-order valence-electron chi connectivity index (χ3n) is 3.97. The molecule has 10 nitrogen and oxygen atoms in total. The molecule has 2 rings (SSSR count). The molecule has 0 aliphatic rings. The summed E-state index contributed by atoms with van der Waals surface area (Å²) in [4.78, 5) is 36.9. The van der Waals surface area contributed by atoms with Crippen LogP contribution in [-0.4, -0.2) is 58.4 Å². The van der Waals surface area contributed by atoms with Gasteiger partial charge in [-0.15, -0.1) is 0 Å². The number of nitrogens with two attached hydrogens (primary N) is 1. The Kier molecular flexibility index (Phi) is 7.67. The molecular formula is C19H20FN3O7S. The van der Waals surface area contributed by atoms with Crippen LogP contribution in [0.2, 0.25) is 0 Å². The van der Waals surface area contributed by atoms with Crippen LogP contribution < -0.4 is 15.2 Å². The Balaban J connectivity index is 1.93. The zero-order valence-electron chi connectivity index (χ0n) is 16.6. The molecule has 0 spiro atoms. The van der Waals surface area contributed by atoms with E-state index in [1.54, 1.807) is 0 Å². The summed E-state index contributed by atoms with van der Waals surface area (Å²) in [5, 5.41) is 7.58. The third-order valence-corrected chi connectivity index (χ3v) is 4.90. The second-order valence-electron chi connectivity index (χ2n) is 6.29. The highest BCUT2D eigenvalue weighted by molar-refractivity contribution is 7.89. The molecule has 12 heteroatoms. The Labute approximate surface area is 177 Å². The van der Waals surface area contributed by atoms with Gasteiger partial charge in [-0.3, -0.25) is 9.59 Å². The monoisotopic (exact) mass is 453 g/mol. The topological polar surface area (TPSA) is 145 Å². The number of methoxy groups -OCH3 is 1. The summed E-state index contributed by atoms with van der Waals surface area (Å²) in [7, 11) is -1.60. The van der Waals surface area contributed by atoms with Crippen molar-refractivity contribution in [2.24, 2.45) is 5.14 Å². The molecule has 0 fully saturated rings. The van der Waals surface area contributed by atoms with Crippen LogP contribution in [0.3, 0.4) is 0 Å². The van der Waals surface area contributed by atoms with Gasteiger partial charge in [0.1, 0.15) is 16.5 Å². The van der Waals surface area contributed by atoms with E-state index in [4.69, 9.17) is 14.6 Å². The maximum Gasteiger partial charge on any atom is 0.338 e. The molecule has 0 atom stereocenters. The van der Waals surface area contributed by atoms with Gasteiger partial charge in [0.15, 0.2) is 6.61 Å². The zero-order chi connectivity index (χ0) is 23.2. The highest BCUT2D eigenvalue weighted by atomic mass is 32.2. The molecule has 31 heavy (non-hydrogen) atoms. The number of carbonyl (C=O) groups is 3. The van der Waals surface area contributed by atoms with Crippen molar-refractivity contribution in [2.45, 2.75) is 4.90 Å². The van der Waals surface area contributed by atoms with Crippen LogP contribution in [-0.2, 0) is 24.3 Å². The van der Waals surface area contributed by atoms with E-state index in [-0.39, 0.29) is 17.9 Å². The molecule has 3 N–H and O–H groups in total. The van der Waals surface area contributed by atoms with Crippen molar-refractivity contribution in [1.29, 1.82) is 0 Å². The van der Waals surface area contributed by atoms with Gasteiger partial charge in [0.05, 0.1) is 19.2 Å². The summed E-state index contributed by atoms with van der Waals surface area (Å²) in [5.74, 6) is -2.70. The number of likely N-dealkylation sites (N-methyl/N-ethyl adjacent to an activating group) is 1. The molecule has 0 saturated heterocycles. The molecular weight excluding hydrogens is 433 g/mol. The number of rotatable bonds is 8. The molecule has 0 heterocycles. The van der Waals surface area contributed by atoms with Crippen LogP contribution in [0, 0.1) is 5.82 Å². The van der Waals surface area contributed by atoms with E-state index >= 15 is 0 Å². The van der Waals surface area contributed by atoms with Crippen molar-refractivity contribution in [3.05, 3.63) is 53.8 Å². The smallest absolute Gasteiger partial charge is 0.338 e. The lowest BCUT2D eigenvalue weighted by Crippen LogP contribution is -2.37.